The van der Waals surface area contributed by atoms with Crippen LogP contribution in [-0.4, -0.2) is 15.1 Å². The first-order valence-corrected chi connectivity index (χ1v) is 5.35. The molecule has 0 fully saturated rings. The lowest BCUT2D eigenvalue weighted by atomic mass is 10.0. The molecule has 6 heteroatoms. The maximum Gasteiger partial charge on any atom is 0.222 e. The van der Waals surface area contributed by atoms with Crippen molar-refractivity contribution in [1.29, 1.82) is 5.26 Å². The smallest absolute Gasteiger partial charge is 0.222 e. The number of aliphatic hydroxyl groups excluding tert-OH is 1. The summed E-state index contributed by atoms with van der Waals surface area (Å²) in [5, 5.41) is 18.6. The second kappa shape index (κ2) is 5.08. The molecule has 0 amide bonds. The van der Waals surface area contributed by atoms with Crippen molar-refractivity contribution in [3.8, 4) is 6.07 Å². The lowest BCUT2D eigenvalue weighted by Crippen LogP contribution is -2.05. The molecule has 0 spiro atoms. The van der Waals surface area contributed by atoms with Crippen molar-refractivity contribution >= 4 is 11.6 Å². The van der Waals surface area contributed by atoms with Crippen molar-refractivity contribution in [3.63, 3.8) is 0 Å². The summed E-state index contributed by atoms with van der Waals surface area (Å²) in [4.78, 5) is 7.48. The summed E-state index contributed by atoms with van der Waals surface area (Å²) < 4.78 is 13.7. The third-order valence-corrected chi connectivity index (χ3v) is 2.53. The summed E-state index contributed by atoms with van der Waals surface area (Å²) in [7, 11) is 0. The van der Waals surface area contributed by atoms with Gasteiger partial charge in [0, 0.05) is 11.8 Å². The number of hydrogen-bond donors (Lipinski definition) is 1. The van der Waals surface area contributed by atoms with Crippen LogP contribution >= 0.6 is 11.6 Å². The van der Waals surface area contributed by atoms with Crippen molar-refractivity contribution in [3.05, 3.63) is 58.4 Å². The number of nitriles is 1. The van der Waals surface area contributed by atoms with Gasteiger partial charge in [0.05, 0.1) is 17.3 Å². The fourth-order valence-corrected chi connectivity index (χ4v) is 1.63. The normalized spacial score (nSPS) is 11.9. The van der Waals surface area contributed by atoms with Gasteiger partial charge in [0.15, 0.2) is 0 Å². The Morgan fingerprint density at radius 3 is 2.78 bits per heavy atom. The van der Waals surface area contributed by atoms with E-state index in [0.29, 0.717) is 0 Å². The van der Waals surface area contributed by atoms with Crippen LogP contribution < -0.4 is 0 Å². The highest BCUT2D eigenvalue weighted by molar-refractivity contribution is 6.28. The van der Waals surface area contributed by atoms with Crippen LogP contribution in [0.5, 0.6) is 0 Å². The molecule has 0 saturated heterocycles. The van der Waals surface area contributed by atoms with Gasteiger partial charge >= 0.3 is 0 Å². The van der Waals surface area contributed by atoms with Gasteiger partial charge in [0.2, 0.25) is 5.28 Å². The third-order valence-electron chi connectivity index (χ3n) is 2.35. The first-order chi connectivity index (χ1) is 8.61. The Morgan fingerprint density at radius 2 is 2.17 bits per heavy atom. The Balaban J connectivity index is 2.40. The highest BCUT2D eigenvalue weighted by Gasteiger charge is 2.17. The lowest BCUT2D eigenvalue weighted by Gasteiger charge is -2.11. The highest BCUT2D eigenvalue weighted by Crippen LogP contribution is 2.23. The minimum Gasteiger partial charge on any atom is -0.382 e. The number of hydrogen-bond acceptors (Lipinski definition) is 4. The maximum atomic E-state index is 13.7. The van der Waals surface area contributed by atoms with Gasteiger partial charge in [-0.25, -0.2) is 14.4 Å². The van der Waals surface area contributed by atoms with Crippen LogP contribution in [0.2, 0.25) is 5.28 Å². The standard InChI is InChI=1S/C12H7ClFN3O/c13-12-16-4-3-10(17-12)11(18)8-2-1-7(6-15)5-9(8)14/h1-5,11,18H. The summed E-state index contributed by atoms with van der Waals surface area (Å²) in [5.74, 6) is -0.670. The van der Waals surface area contributed by atoms with Gasteiger partial charge in [-0.3, -0.25) is 0 Å². The van der Waals surface area contributed by atoms with Gasteiger partial charge in [-0.05, 0) is 29.8 Å². The van der Waals surface area contributed by atoms with E-state index in [1.165, 1.54) is 24.4 Å². The first kappa shape index (κ1) is 12.4. The molecular weight excluding hydrogens is 257 g/mol. The van der Waals surface area contributed by atoms with E-state index in [-0.39, 0.29) is 22.1 Å². The van der Waals surface area contributed by atoms with E-state index in [2.05, 4.69) is 9.97 Å². The summed E-state index contributed by atoms with van der Waals surface area (Å²) in [6.45, 7) is 0. The molecule has 0 bridgehead atoms. The Hall–Kier alpha value is -2.03. The largest absolute Gasteiger partial charge is 0.382 e. The van der Waals surface area contributed by atoms with Crippen LogP contribution in [-0.2, 0) is 0 Å². The van der Waals surface area contributed by atoms with E-state index >= 15 is 0 Å². The molecule has 18 heavy (non-hydrogen) atoms. The minimum absolute atomic E-state index is 0.0272. The van der Waals surface area contributed by atoms with Crippen molar-refractivity contribution in [2.45, 2.75) is 6.10 Å². The van der Waals surface area contributed by atoms with E-state index in [1.54, 1.807) is 0 Å². The molecule has 1 heterocycles. The average molecular weight is 264 g/mol. The number of benzene rings is 1. The van der Waals surface area contributed by atoms with E-state index in [9.17, 15) is 9.50 Å². The molecule has 90 valence electrons. The molecule has 1 N–H and O–H groups in total. The third kappa shape index (κ3) is 2.45. The van der Waals surface area contributed by atoms with Gasteiger partial charge < -0.3 is 5.11 Å². The number of nitrogens with zero attached hydrogens (tertiary/aromatic N) is 3. The van der Waals surface area contributed by atoms with E-state index < -0.39 is 11.9 Å². The lowest BCUT2D eigenvalue weighted by molar-refractivity contribution is 0.210. The zero-order valence-electron chi connectivity index (χ0n) is 9.01. The molecule has 1 atom stereocenters. The van der Waals surface area contributed by atoms with Crippen molar-refractivity contribution < 1.29 is 9.50 Å². The fraction of sp³-hybridized carbons (Fsp3) is 0.0833. The van der Waals surface area contributed by atoms with E-state index in [4.69, 9.17) is 16.9 Å². The second-order valence-electron chi connectivity index (χ2n) is 3.50. The molecule has 2 rings (SSSR count). The quantitative estimate of drug-likeness (QED) is 0.844. The van der Waals surface area contributed by atoms with Crippen molar-refractivity contribution in [1.82, 2.24) is 9.97 Å². The highest BCUT2D eigenvalue weighted by atomic mass is 35.5. The number of aromatic nitrogens is 2. The predicted octanol–water partition coefficient (Wildman–Crippen LogP) is 2.22. The summed E-state index contributed by atoms with van der Waals surface area (Å²) in [6.07, 6.45) is 0.119. The van der Waals surface area contributed by atoms with Gasteiger partial charge in [0.1, 0.15) is 11.9 Å². The SMILES string of the molecule is N#Cc1ccc(C(O)c2ccnc(Cl)n2)c(F)c1. The van der Waals surface area contributed by atoms with Gasteiger partial charge in [-0.15, -0.1) is 0 Å². The van der Waals surface area contributed by atoms with Gasteiger partial charge in [0.25, 0.3) is 0 Å². The number of rotatable bonds is 2. The van der Waals surface area contributed by atoms with Crippen molar-refractivity contribution in [2.75, 3.05) is 0 Å². The maximum absolute atomic E-state index is 13.7. The van der Waals surface area contributed by atoms with Crippen molar-refractivity contribution in [2.24, 2.45) is 0 Å². The Bertz CT molecular complexity index is 627. The van der Waals surface area contributed by atoms with Crippen LogP contribution in [0.1, 0.15) is 22.9 Å². The molecule has 1 aromatic carbocycles. The topological polar surface area (TPSA) is 69.8 Å². The molecule has 1 aromatic heterocycles. The van der Waals surface area contributed by atoms with Crippen LogP contribution in [0, 0.1) is 17.1 Å². The molecular formula is C12H7ClFN3O. The minimum atomic E-state index is -1.25. The number of aliphatic hydroxyl groups is 1. The number of halogens is 2. The molecule has 0 aliphatic heterocycles. The summed E-state index contributed by atoms with van der Waals surface area (Å²) in [6, 6.07) is 7.07. The summed E-state index contributed by atoms with van der Waals surface area (Å²) >= 11 is 5.59. The first-order valence-electron chi connectivity index (χ1n) is 4.98. The molecule has 0 saturated carbocycles. The Morgan fingerprint density at radius 1 is 1.39 bits per heavy atom. The molecule has 4 nitrogen and oxygen atoms in total. The zero-order valence-corrected chi connectivity index (χ0v) is 9.76. The van der Waals surface area contributed by atoms with Gasteiger partial charge in [-0.1, -0.05) is 6.07 Å². The molecule has 2 aromatic rings. The monoisotopic (exact) mass is 263 g/mol. The van der Waals surface area contributed by atoms with Crippen LogP contribution in [0.3, 0.4) is 0 Å². The zero-order chi connectivity index (χ0) is 13.1. The molecule has 0 aliphatic carbocycles. The predicted molar refractivity (Wildman–Crippen MR) is 62.2 cm³/mol. The Labute approximate surface area is 107 Å². The molecule has 1 unspecified atom stereocenters. The molecule has 0 radical (unpaired) electrons. The van der Waals surface area contributed by atoms with Crippen LogP contribution in [0.4, 0.5) is 4.39 Å². The molecule has 0 aliphatic rings. The van der Waals surface area contributed by atoms with Crippen LogP contribution in [0.15, 0.2) is 30.5 Å². The summed E-state index contributed by atoms with van der Waals surface area (Å²) in [5.41, 5.74) is 0.409. The van der Waals surface area contributed by atoms with E-state index in [0.717, 1.165) is 6.07 Å². The van der Waals surface area contributed by atoms with Crippen LogP contribution in [0.25, 0.3) is 0 Å². The Kier molecular flexibility index (Phi) is 3.51. The second-order valence-corrected chi connectivity index (χ2v) is 3.84. The van der Waals surface area contributed by atoms with E-state index in [1.807, 2.05) is 6.07 Å². The van der Waals surface area contributed by atoms with Gasteiger partial charge in [-0.2, -0.15) is 5.26 Å². The average Bonchev–Trinajstić information content (AvgIpc) is 2.37. The fourth-order valence-electron chi connectivity index (χ4n) is 1.48.